The quantitative estimate of drug-likeness (QED) is 0.862. The summed E-state index contributed by atoms with van der Waals surface area (Å²) in [6, 6.07) is 5.83. The van der Waals surface area contributed by atoms with Gasteiger partial charge in [-0.25, -0.2) is 0 Å². The molecule has 0 aromatic heterocycles. The Morgan fingerprint density at radius 2 is 2.32 bits per heavy atom. The SMILES string of the molecule is CCc1ccc(O[C@@H]2CN[C@H](C(=O)OC)C2)c(Br)c1. The lowest BCUT2D eigenvalue weighted by Gasteiger charge is -2.14. The first kappa shape index (κ1) is 14.3. The van der Waals surface area contributed by atoms with E-state index in [-0.39, 0.29) is 18.1 Å². The van der Waals surface area contributed by atoms with Crippen LogP contribution in [0.1, 0.15) is 18.9 Å². The van der Waals surface area contributed by atoms with Crippen molar-refractivity contribution >= 4 is 21.9 Å². The number of ether oxygens (including phenoxy) is 2. The van der Waals surface area contributed by atoms with Gasteiger partial charge in [-0.2, -0.15) is 0 Å². The van der Waals surface area contributed by atoms with Crippen molar-refractivity contribution in [1.29, 1.82) is 0 Å². The highest BCUT2D eigenvalue weighted by Gasteiger charge is 2.31. The molecule has 2 atom stereocenters. The molecule has 0 saturated carbocycles. The number of hydrogen-bond donors (Lipinski definition) is 1. The maximum Gasteiger partial charge on any atom is 0.323 e. The summed E-state index contributed by atoms with van der Waals surface area (Å²) in [6.07, 6.45) is 1.62. The van der Waals surface area contributed by atoms with E-state index in [1.54, 1.807) is 0 Å². The van der Waals surface area contributed by atoms with Crippen molar-refractivity contribution in [2.75, 3.05) is 13.7 Å². The Bertz CT molecular complexity index is 464. The predicted octanol–water partition coefficient (Wildman–Crippen LogP) is 2.29. The van der Waals surface area contributed by atoms with Gasteiger partial charge in [-0.15, -0.1) is 0 Å². The fourth-order valence-electron chi connectivity index (χ4n) is 2.15. The van der Waals surface area contributed by atoms with Crippen LogP contribution in [-0.4, -0.2) is 31.8 Å². The third-order valence-corrected chi connectivity index (χ3v) is 3.89. The van der Waals surface area contributed by atoms with Crippen molar-refractivity contribution in [1.82, 2.24) is 5.32 Å². The minimum absolute atomic E-state index is 0.00660. The molecule has 0 unspecified atom stereocenters. The number of rotatable bonds is 4. The van der Waals surface area contributed by atoms with Crippen LogP contribution in [-0.2, 0) is 16.0 Å². The van der Waals surface area contributed by atoms with Crippen molar-refractivity contribution in [2.45, 2.75) is 31.9 Å². The summed E-state index contributed by atoms with van der Waals surface area (Å²) in [7, 11) is 1.40. The summed E-state index contributed by atoms with van der Waals surface area (Å²) in [4.78, 5) is 11.4. The molecule has 2 rings (SSSR count). The molecule has 1 aliphatic rings. The van der Waals surface area contributed by atoms with Crippen LogP contribution in [0.25, 0.3) is 0 Å². The Morgan fingerprint density at radius 1 is 1.53 bits per heavy atom. The summed E-state index contributed by atoms with van der Waals surface area (Å²) >= 11 is 3.52. The van der Waals surface area contributed by atoms with E-state index in [1.165, 1.54) is 12.7 Å². The molecule has 1 aromatic carbocycles. The number of hydrogen-bond acceptors (Lipinski definition) is 4. The lowest BCUT2D eigenvalue weighted by molar-refractivity contribution is -0.142. The average molecular weight is 328 g/mol. The largest absolute Gasteiger partial charge is 0.488 e. The zero-order chi connectivity index (χ0) is 13.8. The van der Waals surface area contributed by atoms with Crippen LogP contribution in [0.3, 0.4) is 0 Å². The molecule has 1 heterocycles. The minimum Gasteiger partial charge on any atom is -0.488 e. The van der Waals surface area contributed by atoms with Crippen molar-refractivity contribution < 1.29 is 14.3 Å². The molecule has 104 valence electrons. The van der Waals surface area contributed by atoms with Crippen LogP contribution in [0, 0.1) is 0 Å². The highest BCUT2D eigenvalue weighted by molar-refractivity contribution is 9.10. The van der Waals surface area contributed by atoms with E-state index in [1.807, 2.05) is 6.07 Å². The zero-order valence-corrected chi connectivity index (χ0v) is 12.7. The van der Waals surface area contributed by atoms with E-state index in [0.717, 1.165) is 16.6 Å². The van der Waals surface area contributed by atoms with Crippen LogP contribution >= 0.6 is 15.9 Å². The molecule has 1 fully saturated rings. The van der Waals surface area contributed by atoms with Gasteiger partial charge in [0.15, 0.2) is 0 Å². The number of nitrogens with one attached hydrogen (secondary N) is 1. The molecule has 0 radical (unpaired) electrons. The van der Waals surface area contributed by atoms with Gasteiger partial charge in [0.05, 0.1) is 11.6 Å². The van der Waals surface area contributed by atoms with Crippen molar-refractivity contribution in [3.05, 3.63) is 28.2 Å². The predicted molar refractivity (Wildman–Crippen MR) is 76.4 cm³/mol. The van der Waals surface area contributed by atoms with Crippen LogP contribution in [0.4, 0.5) is 0 Å². The van der Waals surface area contributed by atoms with E-state index in [0.29, 0.717) is 13.0 Å². The van der Waals surface area contributed by atoms with E-state index >= 15 is 0 Å². The first-order valence-corrected chi connectivity index (χ1v) is 7.19. The highest BCUT2D eigenvalue weighted by Crippen LogP contribution is 2.28. The second kappa shape index (κ2) is 6.39. The number of benzene rings is 1. The zero-order valence-electron chi connectivity index (χ0n) is 11.1. The lowest BCUT2D eigenvalue weighted by Crippen LogP contribution is -2.31. The third-order valence-electron chi connectivity index (χ3n) is 3.27. The van der Waals surface area contributed by atoms with Crippen molar-refractivity contribution in [2.24, 2.45) is 0 Å². The van der Waals surface area contributed by atoms with Gasteiger partial charge in [0.1, 0.15) is 17.9 Å². The number of carbonyl (C=O) groups excluding carboxylic acids is 1. The molecule has 1 aromatic rings. The topological polar surface area (TPSA) is 47.6 Å². The second-order valence-corrected chi connectivity index (χ2v) is 5.43. The van der Waals surface area contributed by atoms with Crippen LogP contribution < -0.4 is 10.1 Å². The first-order chi connectivity index (χ1) is 9.13. The van der Waals surface area contributed by atoms with Crippen molar-refractivity contribution in [3.8, 4) is 5.75 Å². The molecule has 5 heteroatoms. The molecule has 0 bridgehead atoms. The van der Waals surface area contributed by atoms with Crippen LogP contribution in [0.15, 0.2) is 22.7 Å². The van der Waals surface area contributed by atoms with E-state index in [4.69, 9.17) is 9.47 Å². The number of halogens is 1. The van der Waals surface area contributed by atoms with E-state index < -0.39 is 0 Å². The molecule has 19 heavy (non-hydrogen) atoms. The normalized spacial score (nSPS) is 22.3. The first-order valence-electron chi connectivity index (χ1n) is 6.40. The van der Waals surface area contributed by atoms with Crippen molar-refractivity contribution in [3.63, 3.8) is 0 Å². The molecule has 0 aliphatic carbocycles. The average Bonchev–Trinajstić information content (AvgIpc) is 2.88. The van der Waals surface area contributed by atoms with Gasteiger partial charge in [-0.3, -0.25) is 4.79 Å². The van der Waals surface area contributed by atoms with Gasteiger partial charge in [-0.1, -0.05) is 13.0 Å². The summed E-state index contributed by atoms with van der Waals surface area (Å²) < 4.78 is 11.6. The summed E-state index contributed by atoms with van der Waals surface area (Å²) in [5.74, 6) is 0.584. The monoisotopic (exact) mass is 327 g/mol. The lowest BCUT2D eigenvalue weighted by atomic mass is 10.1. The Morgan fingerprint density at radius 3 is 2.95 bits per heavy atom. The van der Waals surface area contributed by atoms with Crippen LogP contribution in [0.2, 0.25) is 0 Å². The Labute approximate surface area is 121 Å². The van der Waals surface area contributed by atoms with Crippen LogP contribution in [0.5, 0.6) is 5.75 Å². The maximum absolute atomic E-state index is 11.4. The van der Waals surface area contributed by atoms with Gasteiger partial charge >= 0.3 is 5.97 Å². The van der Waals surface area contributed by atoms with Gasteiger partial charge < -0.3 is 14.8 Å². The minimum atomic E-state index is -0.260. The summed E-state index contributed by atoms with van der Waals surface area (Å²) in [5, 5.41) is 3.10. The van der Waals surface area contributed by atoms with Gasteiger partial charge in [0, 0.05) is 13.0 Å². The molecule has 4 nitrogen and oxygen atoms in total. The van der Waals surface area contributed by atoms with E-state index in [2.05, 4.69) is 40.3 Å². The fraction of sp³-hybridized carbons (Fsp3) is 0.500. The number of esters is 1. The van der Waals surface area contributed by atoms with Gasteiger partial charge in [0.2, 0.25) is 0 Å². The molecule has 1 N–H and O–H groups in total. The fourth-order valence-corrected chi connectivity index (χ4v) is 2.67. The standard InChI is InChI=1S/C14H18BrNO3/c1-3-9-4-5-13(11(15)6-9)19-10-7-12(16-8-10)14(17)18-2/h4-6,10,12,16H,3,7-8H2,1-2H3/t10-,12-/m0/s1. The third kappa shape index (κ3) is 3.48. The Balaban J connectivity index is 1.97. The van der Waals surface area contributed by atoms with Gasteiger partial charge in [-0.05, 0) is 40.0 Å². The molecule has 0 amide bonds. The summed E-state index contributed by atoms with van der Waals surface area (Å²) in [6.45, 7) is 2.77. The molecule has 1 aliphatic heterocycles. The molecule has 0 spiro atoms. The number of carbonyl (C=O) groups is 1. The molecule has 1 saturated heterocycles. The molecular weight excluding hydrogens is 310 g/mol. The molecular formula is C14H18BrNO3. The highest BCUT2D eigenvalue weighted by atomic mass is 79.9. The van der Waals surface area contributed by atoms with E-state index in [9.17, 15) is 4.79 Å². The summed E-state index contributed by atoms with van der Waals surface area (Å²) in [5.41, 5.74) is 1.26. The Hall–Kier alpha value is -1.07. The Kier molecular flexibility index (Phi) is 4.82. The number of aryl methyl sites for hydroxylation is 1. The maximum atomic E-state index is 11.4. The smallest absolute Gasteiger partial charge is 0.323 e. The number of methoxy groups -OCH3 is 1. The second-order valence-electron chi connectivity index (χ2n) is 4.58. The van der Waals surface area contributed by atoms with Gasteiger partial charge in [0.25, 0.3) is 0 Å².